The molecule has 11 heavy (non-hydrogen) atoms. The summed E-state index contributed by atoms with van der Waals surface area (Å²) in [4.78, 5) is 0. The van der Waals surface area contributed by atoms with Gasteiger partial charge < -0.3 is 16.2 Å². The number of rotatable bonds is 3. The maximum Gasteiger partial charge on any atom is 0.0727 e. The first-order valence-electron chi connectivity index (χ1n) is 4.33. The van der Waals surface area contributed by atoms with Crippen molar-refractivity contribution in [3.05, 3.63) is 0 Å². The maximum absolute atomic E-state index is 5.87. The molecule has 1 aliphatic rings. The molecule has 3 unspecified atom stereocenters. The number of hydrogen-bond donors (Lipinski definition) is 2. The normalized spacial score (nSPS) is 30.3. The zero-order valence-electron chi connectivity index (χ0n) is 7.12. The van der Waals surface area contributed by atoms with Crippen LogP contribution in [0.5, 0.6) is 0 Å². The summed E-state index contributed by atoms with van der Waals surface area (Å²) < 4.78 is 5.44. The van der Waals surface area contributed by atoms with Crippen LogP contribution in [0.1, 0.15) is 26.2 Å². The molecule has 3 heteroatoms. The first-order chi connectivity index (χ1) is 5.20. The molecule has 0 spiro atoms. The van der Waals surface area contributed by atoms with Gasteiger partial charge in [0.15, 0.2) is 0 Å². The molecule has 0 amide bonds. The SMILES string of the molecule is CC(N)CC(N)C1CCCO1. The Bertz CT molecular complexity index is 111. The quantitative estimate of drug-likeness (QED) is 0.618. The van der Waals surface area contributed by atoms with Gasteiger partial charge in [-0.15, -0.1) is 0 Å². The summed E-state index contributed by atoms with van der Waals surface area (Å²) in [6.45, 7) is 2.85. The lowest BCUT2D eigenvalue weighted by Gasteiger charge is -2.19. The van der Waals surface area contributed by atoms with Gasteiger partial charge in [0, 0.05) is 18.7 Å². The summed E-state index contributed by atoms with van der Waals surface area (Å²) in [5.74, 6) is 0. The molecule has 1 fully saturated rings. The van der Waals surface area contributed by atoms with Crippen LogP contribution in [0.2, 0.25) is 0 Å². The predicted octanol–water partition coefficient (Wildman–Crippen LogP) is 0.230. The van der Waals surface area contributed by atoms with E-state index in [2.05, 4.69) is 0 Å². The predicted molar refractivity (Wildman–Crippen MR) is 45.2 cm³/mol. The van der Waals surface area contributed by atoms with E-state index in [1.165, 1.54) is 0 Å². The minimum absolute atomic E-state index is 0.137. The van der Waals surface area contributed by atoms with Crippen LogP contribution in [-0.4, -0.2) is 24.8 Å². The van der Waals surface area contributed by atoms with Gasteiger partial charge in [-0.3, -0.25) is 0 Å². The molecule has 3 nitrogen and oxygen atoms in total. The van der Waals surface area contributed by atoms with Gasteiger partial charge in [-0.05, 0) is 26.2 Å². The lowest BCUT2D eigenvalue weighted by Crippen LogP contribution is -2.38. The third-order valence-electron chi connectivity index (χ3n) is 2.09. The second kappa shape index (κ2) is 4.04. The molecule has 3 atom stereocenters. The molecular weight excluding hydrogens is 140 g/mol. The fourth-order valence-corrected chi connectivity index (χ4v) is 1.52. The third-order valence-corrected chi connectivity index (χ3v) is 2.09. The van der Waals surface area contributed by atoms with E-state index in [4.69, 9.17) is 16.2 Å². The molecule has 1 heterocycles. The highest BCUT2D eigenvalue weighted by Crippen LogP contribution is 2.16. The highest BCUT2D eigenvalue weighted by Gasteiger charge is 2.23. The topological polar surface area (TPSA) is 61.3 Å². The van der Waals surface area contributed by atoms with Gasteiger partial charge in [-0.1, -0.05) is 0 Å². The summed E-state index contributed by atoms with van der Waals surface area (Å²) >= 11 is 0. The summed E-state index contributed by atoms with van der Waals surface area (Å²) in [5.41, 5.74) is 11.5. The highest BCUT2D eigenvalue weighted by atomic mass is 16.5. The second-order valence-electron chi connectivity index (χ2n) is 3.43. The van der Waals surface area contributed by atoms with Crippen molar-refractivity contribution in [2.24, 2.45) is 11.5 Å². The molecule has 0 aromatic heterocycles. The Balaban J connectivity index is 2.22. The number of hydrogen-bond acceptors (Lipinski definition) is 3. The Morgan fingerprint density at radius 3 is 2.73 bits per heavy atom. The molecule has 1 rings (SSSR count). The van der Waals surface area contributed by atoms with Gasteiger partial charge in [0.25, 0.3) is 0 Å². The van der Waals surface area contributed by atoms with E-state index in [1.807, 2.05) is 6.92 Å². The minimum Gasteiger partial charge on any atom is -0.377 e. The van der Waals surface area contributed by atoms with Gasteiger partial charge in [0.05, 0.1) is 6.10 Å². The van der Waals surface area contributed by atoms with Crippen molar-refractivity contribution in [3.8, 4) is 0 Å². The first-order valence-corrected chi connectivity index (χ1v) is 4.33. The standard InChI is InChI=1S/C8H18N2O/c1-6(9)5-7(10)8-3-2-4-11-8/h6-8H,2-5,9-10H2,1H3. The molecule has 0 saturated carbocycles. The van der Waals surface area contributed by atoms with E-state index in [0.29, 0.717) is 0 Å². The third kappa shape index (κ3) is 2.77. The van der Waals surface area contributed by atoms with Gasteiger partial charge >= 0.3 is 0 Å². The van der Waals surface area contributed by atoms with E-state index in [9.17, 15) is 0 Å². The van der Waals surface area contributed by atoms with Crippen LogP contribution in [-0.2, 0) is 4.74 Å². The van der Waals surface area contributed by atoms with Crippen LogP contribution in [0.4, 0.5) is 0 Å². The maximum atomic E-state index is 5.87. The van der Waals surface area contributed by atoms with Crippen molar-refractivity contribution in [1.82, 2.24) is 0 Å². The van der Waals surface area contributed by atoms with E-state index in [-0.39, 0.29) is 18.2 Å². The van der Waals surface area contributed by atoms with Crippen molar-refractivity contribution in [2.75, 3.05) is 6.61 Å². The summed E-state index contributed by atoms with van der Waals surface area (Å²) in [6.07, 6.45) is 3.39. The van der Waals surface area contributed by atoms with E-state index < -0.39 is 0 Å². The Kier molecular flexibility index (Phi) is 3.30. The van der Waals surface area contributed by atoms with E-state index in [1.54, 1.807) is 0 Å². The molecule has 0 radical (unpaired) electrons. The average molecular weight is 158 g/mol. The Morgan fingerprint density at radius 1 is 1.55 bits per heavy atom. The molecule has 1 aliphatic heterocycles. The van der Waals surface area contributed by atoms with Gasteiger partial charge in [-0.2, -0.15) is 0 Å². The van der Waals surface area contributed by atoms with Crippen molar-refractivity contribution in [3.63, 3.8) is 0 Å². The minimum atomic E-state index is 0.137. The van der Waals surface area contributed by atoms with Crippen LogP contribution in [0.25, 0.3) is 0 Å². The van der Waals surface area contributed by atoms with Crippen molar-refractivity contribution in [1.29, 1.82) is 0 Å². The summed E-state index contributed by atoms with van der Waals surface area (Å²) in [6, 6.07) is 0.326. The van der Waals surface area contributed by atoms with E-state index >= 15 is 0 Å². The zero-order valence-corrected chi connectivity index (χ0v) is 7.12. The molecule has 0 aliphatic carbocycles. The fourth-order valence-electron chi connectivity index (χ4n) is 1.52. The van der Waals surface area contributed by atoms with Gasteiger partial charge in [0.1, 0.15) is 0 Å². The van der Waals surface area contributed by atoms with Gasteiger partial charge in [0.2, 0.25) is 0 Å². The molecule has 0 bridgehead atoms. The summed E-state index contributed by atoms with van der Waals surface area (Å²) in [5, 5.41) is 0. The monoisotopic (exact) mass is 158 g/mol. The van der Waals surface area contributed by atoms with Crippen molar-refractivity contribution < 1.29 is 4.74 Å². The second-order valence-corrected chi connectivity index (χ2v) is 3.43. The van der Waals surface area contributed by atoms with Gasteiger partial charge in [-0.25, -0.2) is 0 Å². The van der Waals surface area contributed by atoms with Crippen molar-refractivity contribution in [2.45, 2.75) is 44.4 Å². The van der Waals surface area contributed by atoms with Crippen LogP contribution in [0, 0.1) is 0 Å². The molecule has 66 valence electrons. The van der Waals surface area contributed by atoms with Crippen LogP contribution < -0.4 is 11.5 Å². The Morgan fingerprint density at radius 2 is 2.27 bits per heavy atom. The van der Waals surface area contributed by atoms with Crippen molar-refractivity contribution >= 4 is 0 Å². The van der Waals surface area contributed by atoms with Crippen LogP contribution in [0.15, 0.2) is 0 Å². The molecule has 0 aromatic rings. The lowest BCUT2D eigenvalue weighted by molar-refractivity contribution is 0.0860. The molecule has 4 N–H and O–H groups in total. The largest absolute Gasteiger partial charge is 0.377 e. The van der Waals surface area contributed by atoms with Crippen LogP contribution in [0.3, 0.4) is 0 Å². The molecule has 0 aromatic carbocycles. The molecular formula is C8H18N2O. The highest BCUT2D eigenvalue weighted by molar-refractivity contribution is 4.79. The first kappa shape index (κ1) is 8.97. The fraction of sp³-hybridized carbons (Fsp3) is 1.00. The zero-order chi connectivity index (χ0) is 8.27. The number of ether oxygens (including phenoxy) is 1. The number of nitrogens with two attached hydrogens (primary N) is 2. The smallest absolute Gasteiger partial charge is 0.0727 e. The Labute approximate surface area is 68.1 Å². The summed E-state index contributed by atoms with van der Waals surface area (Å²) in [7, 11) is 0. The lowest BCUT2D eigenvalue weighted by atomic mass is 10.0. The average Bonchev–Trinajstić information content (AvgIpc) is 2.35. The van der Waals surface area contributed by atoms with E-state index in [0.717, 1.165) is 25.9 Å². The Hall–Kier alpha value is -0.120. The van der Waals surface area contributed by atoms with Crippen LogP contribution >= 0.6 is 0 Å². The molecule has 1 saturated heterocycles.